The summed E-state index contributed by atoms with van der Waals surface area (Å²) in [5.41, 5.74) is 2.06. The maximum absolute atomic E-state index is 12.9. The topological polar surface area (TPSA) is 68.2 Å². The number of hydrogen-bond acceptors (Lipinski definition) is 7. The molecule has 0 spiro atoms. The summed E-state index contributed by atoms with van der Waals surface area (Å²) in [6.45, 7) is 1.84. The van der Waals surface area contributed by atoms with Crippen molar-refractivity contribution in [2.75, 3.05) is 11.2 Å². The van der Waals surface area contributed by atoms with E-state index in [9.17, 15) is 4.79 Å². The van der Waals surface area contributed by atoms with E-state index >= 15 is 0 Å². The smallest absolute Gasteiger partial charge is 0.247 e. The molecule has 3 aromatic rings. The minimum Gasteiger partial charge on any atom is -0.446 e. The number of carbonyl (C=O) groups excluding carboxylic acids is 1. The predicted molar refractivity (Wildman–Crippen MR) is 110 cm³/mol. The highest BCUT2D eigenvalue weighted by Gasteiger charge is 2.35. The zero-order valence-electron chi connectivity index (χ0n) is 14.5. The molecular formula is C18H15BrN4O2S2. The minimum absolute atomic E-state index is 0.0390. The van der Waals surface area contributed by atoms with Crippen molar-refractivity contribution in [3.63, 3.8) is 0 Å². The molecular weight excluding hydrogens is 448 g/mol. The van der Waals surface area contributed by atoms with Crippen molar-refractivity contribution < 1.29 is 9.53 Å². The first-order valence-corrected chi connectivity index (χ1v) is 11.1. The van der Waals surface area contributed by atoms with Gasteiger partial charge in [-0.25, -0.2) is 0 Å². The quantitative estimate of drug-likeness (QED) is 0.514. The number of anilines is 1. The van der Waals surface area contributed by atoms with Crippen LogP contribution in [0, 0.1) is 0 Å². The molecule has 0 saturated heterocycles. The first kappa shape index (κ1) is 18.4. The Morgan fingerprint density at radius 3 is 2.81 bits per heavy atom. The molecule has 1 aliphatic heterocycles. The number of halogens is 1. The van der Waals surface area contributed by atoms with Gasteiger partial charge in [-0.1, -0.05) is 36.9 Å². The Balaban J connectivity index is 1.97. The van der Waals surface area contributed by atoms with Crippen LogP contribution in [0.2, 0.25) is 0 Å². The van der Waals surface area contributed by atoms with Gasteiger partial charge in [0.05, 0.1) is 14.4 Å². The average Bonchev–Trinajstić information content (AvgIpc) is 3.07. The summed E-state index contributed by atoms with van der Waals surface area (Å²) in [6.07, 6.45) is 1.61. The predicted octanol–water partition coefficient (Wildman–Crippen LogP) is 4.92. The van der Waals surface area contributed by atoms with Crippen LogP contribution in [0.3, 0.4) is 0 Å². The van der Waals surface area contributed by atoms with Gasteiger partial charge in [0.1, 0.15) is 0 Å². The highest BCUT2D eigenvalue weighted by molar-refractivity contribution is 9.11. The number of aromatic nitrogens is 3. The number of amides is 1. The van der Waals surface area contributed by atoms with Crippen LogP contribution in [0.15, 0.2) is 45.3 Å². The van der Waals surface area contributed by atoms with Crippen LogP contribution < -0.4 is 9.64 Å². The molecule has 0 aliphatic carbocycles. The van der Waals surface area contributed by atoms with Gasteiger partial charge in [0.15, 0.2) is 5.69 Å². The third kappa shape index (κ3) is 3.35. The molecule has 27 heavy (non-hydrogen) atoms. The molecule has 0 fully saturated rings. The third-order valence-corrected chi connectivity index (χ3v) is 6.30. The normalized spacial score (nSPS) is 15.5. The second-order valence-corrected chi connectivity index (χ2v) is 8.97. The zero-order valence-corrected chi connectivity index (χ0v) is 17.8. The molecule has 1 atom stereocenters. The first-order valence-electron chi connectivity index (χ1n) is 8.24. The highest BCUT2D eigenvalue weighted by Crippen LogP contribution is 2.44. The maximum Gasteiger partial charge on any atom is 0.247 e. The SMILES string of the molecule is CCC(=O)N1c2ccccc2-c2nnc(SC)nc2O[C@@H]1c1ccc(Br)s1. The lowest BCUT2D eigenvalue weighted by atomic mass is 10.1. The molecule has 0 N–H and O–H groups in total. The van der Waals surface area contributed by atoms with E-state index in [2.05, 4.69) is 31.1 Å². The van der Waals surface area contributed by atoms with E-state index in [1.165, 1.54) is 23.1 Å². The van der Waals surface area contributed by atoms with Gasteiger partial charge in [0.2, 0.25) is 23.2 Å². The van der Waals surface area contributed by atoms with E-state index in [0.717, 1.165) is 19.9 Å². The highest BCUT2D eigenvalue weighted by atomic mass is 79.9. The molecule has 1 aromatic carbocycles. The van der Waals surface area contributed by atoms with Gasteiger partial charge in [0, 0.05) is 12.0 Å². The van der Waals surface area contributed by atoms with E-state index in [1.54, 1.807) is 4.90 Å². The molecule has 1 amide bonds. The van der Waals surface area contributed by atoms with Crippen LogP contribution in [0.4, 0.5) is 5.69 Å². The number of fused-ring (bicyclic) bond motifs is 3. The summed E-state index contributed by atoms with van der Waals surface area (Å²) in [5.74, 6) is 0.338. The van der Waals surface area contributed by atoms with Crippen LogP contribution in [0.5, 0.6) is 5.88 Å². The van der Waals surface area contributed by atoms with Gasteiger partial charge >= 0.3 is 0 Å². The molecule has 6 nitrogen and oxygen atoms in total. The van der Waals surface area contributed by atoms with Crippen molar-refractivity contribution in [3.05, 3.63) is 45.1 Å². The average molecular weight is 463 g/mol. The summed E-state index contributed by atoms with van der Waals surface area (Å²) in [6, 6.07) is 11.5. The molecule has 0 bridgehead atoms. The number of rotatable bonds is 3. The Morgan fingerprint density at radius 1 is 1.30 bits per heavy atom. The Hall–Kier alpha value is -1.97. The van der Waals surface area contributed by atoms with Crippen molar-refractivity contribution in [1.29, 1.82) is 0 Å². The van der Waals surface area contributed by atoms with Crippen LogP contribution >= 0.6 is 39.0 Å². The second kappa shape index (κ2) is 7.57. The van der Waals surface area contributed by atoms with E-state index < -0.39 is 6.23 Å². The maximum atomic E-state index is 12.9. The molecule has 9 heteroatoms. The van der Waals surface area contributed by atoms with Crippen LogP contribution in [-0.2, 0) is 4.79 Å². The summed E-state index contributed by atoms with van der Waals surface area (Å²) < 4.78 is 7.25. The Kier molecular flexibility index (Phi) is 5.16. The molecule has 3 heterocycles. The third-order valence-electron chi connectivity index (χ3n) is 4.10. The van der Waals surface area contributed by atoms with Crippen LogP contribution in [0.1, 0.15) is 24.4 Å². The van der Waals surface area contributed by atoms with Gasteiger partial charge in [-0.05, 0) is 40.4 Å². The van der Waals surface area contributed by atoms with Gasteiger partial charge in [-0.15, -0.1) is 21.5 Å². The van der Waals surface area contributed by atoms with E-state index in [1.807, 2.05) is 49.6 Å². The van der Waals surface area contributed by atoms with Crippen molar-refractivity contribution in [3.8, 4) is 17.1 Å². The summed E-state index contributed by atoms with van der Waals surface area (Å²) in [5, 5.41) is 9.02. The first-order chi connectivity index (χ1) is 13.1. The largest absolute Gasteiger partial charge is 0.446 e. The molecule has 0 unspecified atom stereocenters. The van der Waals surface area contributed by atoms with Gasteiger partial charge < -0.3 is 4.74 Å². The van der Waals surface area contributed by atoms with Crippen molar-refractivity contribution >= 4 is 50.6 Å². The number of thioether (sulfide) groups is 1. The lowest BCUT2D eigenvalue weighted by molar-refractivity contribution is -0.120. The fraction of sp³-hybridized carbons (Fsp3) is 0.222. The number of para-hydroxylation sites is 1. The number of ether oxygens (including phenoxy) is 1. The van der Waals surface area contributed by atoms with Crippen molar-refractivity contribution in [2.45, 2.75) is 24.7 Å². The fourth-order valence-electron chi connectivity index (χ4n) is 2.89. The molecule has 2 aromatic heterocycles. The van der Waals surface area contributed by atoms with Gasteiger partial charge in [0.25, 0.3) is 0 Å². The summed E-state index contributed by atoms with van der Waals surface area (Å²) >= 11 is 6.41. The number of carbonyl (C=O) groups is 1. The fourth-order valence-corrected chi connectivity index (χ4v) is 4.63. The molecule has 0 radical (unpaired) electrons. The number of hydrogen-bond donors (Lipinski definition) is 0. The second-order valence-electron chi connectivity index (χ2n) is 5.70. The molecule has 1 aliphatic rings. The lowest BCUT2D eigenvalue weighted by Crippen LogP contribution is -2.36. The van der Waals surface area contributed by atoms with Gasteiger partial charge in [-0.3, -0.25) is 9.69 Å². The van der Waals surface area contributed by atoms with Crippen LogP contribution in [0.25, 0.3) is 11.3 Å². The number of thiophene rings is 1. The summed E-state index contributed by atoms with van der Waals surface area (Å²) in [4.78, 5) is 20.0. The van der Waals surface area contributed by atoms with E-state index in [4.69, 9.17) is 4.74 Å². The number of nitrogens with zero attached hydrogens (tertiary/aromatic N) is 4. The Bertz CT molecular complexity index is 1010. The van der Waals surface area contributed by atoms with Crippen LogP contribution in [-0.4, -0.2) is 27.3 Å². The molecule has 0 saturated carbocycles. The van der Waals surface area contributed by atoms with E-state index in [-0.39, 0.29) is 5.91 Å². The minimum atomic E-state index is -0.623. The van der Waals surface area contributed by atoms with Crippen molar-refractivity contribution in [1.82, 2.24) is 15.2 Å². The molecule has 4 rings (SSSR count). The standard InChI is InChI=1S/C18H15BrN4O2S2/c1-3-14(24)23-11-7-5-4-6-10(11)15-16(20-18(26-2)22-21-15)25-17(23)12-8-9-13(19)27-12/h4-9,17H,3H2,1-2H3/t17-/m1/s1. The Morgan fingerprint density at radius 2 is 2.11 bits per heavy atom. The Labute approximate surface area is 173 Å². The summed E-state index contributed by atoms with van der Waals surface area (Å²) in [7, 11) is 0. The molecule has 138 valence electrons. The number of benzene rings is 1. The lowest BCUT2D eigenvalue weighted by Gasteiger charge is -2.29. The van der Waals surface area contributed by atoms with E-state index in [0.29, 0.717) is 23.2 Å². The van der Waals surface area contributed by atoms with Gasteiger partial charge in [-0.2, -0.15) is 4.98 Å². The van der Waals surface area contributed by atoms with Crippen molar-refractivity contribution in [2.24, 2.45) is 0 Å². The monoisotopic (exact) mass is 462 g/mol. The zero-order chi connectivity index (χ0) is 19.0.